The van der Waals surface area contributed by atoms with Crippen molar-refractivity contribution in [1.82, 2.24) is 5.32 Å². The van der Waals surface area contributed by atoms with Gasteiger partial charge in [-0.15, -0.1) is 11.3 Å². The highest BCUT2D eigenvalue weighted by molar-refractivity contribution is 7.92. The Morgan fingerprint density at radius 3 is 2.70 bits per heavy atom. The van der Waals surface area contributed by atoms with Crippen molar-refractivity contribution in [3.8, 4) is 11.8 Å². The lowest BCUT2D eigenvalue weighted by Crippen LogP contribution is -2.47. The number of carbonyl (C=O) groups excluding carboxylic acids is 1. The van der Waals surface area contributed by atoms with Crippen LogP contribution in [-0.2, 0) is 21.2 Å². The Bertz CT molecular complexity index is 649. The summed E-state index contributed by atoms with van der Waals surface area (Å²) in [5.41, 5.74) is 6.12. The Morgan fingerprint density at radius 2 is 2.15 bits per heavy atom. The molecule has 5 nitrogen and oxygen atoms in total. The fourth-order valence-electron chi connectivity index (χ4n) is 1.28. The van der Waals surface area contributed by atoms with Crippen molar-refractivity contribution in [2.24, 2.45) is 5.73 Å². The molecule has 0 bridgehead atoms. The van der Waals surface area contributed by atoms with Gasteiger partial charge in [-0.2, -0.15) is 0 Å². The zero-order valence-electron chi connectivity index (χ0n) is 11.7. The summed E-state index contributed by atoms with van der Waals surface area (Å²) in [4.78, 5) is 12.9. The minimum atomic E-state index is -3.47. The molecule has 3 N–H and O–H groups in total. The Morgan fingerprint density at radius 1 is 1.50 bits per heavy atom. The fraction of sp³-hybridized carbons (Fsp3) is 0.462. The van der Waals surface area contributed by atoms with Gasteiger partial charge in [0, 0.05) is 16.7 Å². The molecule has 0 saturated heterocycles. The third kappa shape index (κ3) is 3.82. The molecular formula is C13H18N2O3S2. The van der Waals surface area contributed by atoms with Crippen LogP contribution in [0.15, 0.2) is 11.4 Å². The van der Waals surface area contributed by atoms with E-state index in [9.17, 15) is 13.2 Å². The molecule has 0 fully saturated rings. The molecule has 0 radical (unpaired) electrons. The molecule has 110 valence electrons. The number of rotatable bonds is 4. The van der Waals surface area contributed by atoms with Gasteiger partial charge in [0.2, 0.25) is 5.91 Å². The van der Waals surface area contributed by atoms with Crippen LogP contribution < -0.4 is 11.1 Å². The molecule has 0 aromatic carbocycles. The summed E-state index contributed by atoms with van der Waals surface area (Å²) >= 11 is 1.45. The zero-order valence-corrected chi connectivity index (χ0v) is 13.3. The van der Waals surface area contributed by atoms with E-state index in [1.807, 2.05) is 11.4 Å². The van der Waals surface area contributed by atoms with Crippen LogP contribution in [0.2, 0.25) is 0 Å². The number of carbonyl (C=O) groups is 1. The number of sulfone groups is 1. The molecule has 0 aliphatic heterocycles. The first-order chi connectivity index (χ1) is 9.20. The van der Waals surface area contributed by atoms with Gasteiger partial charge in [0.15, 0.2) is 9.84 Å². The normalized spacial score (nSPS) is 11.6. The molecule has 1 rings (SSSR count). The Kier molecular flexibility index (Phi) is 5.34. The van der Waals surface area contributed by atoms with Crippen molar-refractivity contribution < 1.29 is 13.2 Å². The fourth-order valence-corrected chi connectivity index (χ4v) is 2.46. The van der Waals surface area contributed by atoms with Gasteiger partial charge in [0.25, 0.3) is 0 Å². The summed E-state index contributed by atoms with van der Waals surface area (Å²) in [5.74, 6) is 5.14. The molecule has 1 aromatic rings. The molecule has 0 atom stereocenters. The SMILES string of the molecule is CC(C)(C(=O)NCc1sccc1C#CCN)S(C)(=O)=O. The molecule has 0 aliphatic rings. The third-order valence-electron chi connectivity index (χ3n) is 2.95. The van der Waals surface area contributed by atoms with Crippen molar-refractivity contribution >= 4 is 27.1 Å². The maximum atomic E-state index is 12.0. The smallest absolute Gasteiger partial charge is 0.241 e. The molecule has 0 aliphatic carbocycles. The number of hydrogen-bond donors (Lipinski definition) is 2. The van der Waals surface area contributed by atoms with E-state index in [0.717, 1.165) is 16.7 Å². The molecular weight excluding hydrogens is 296 g/mol. The summed E-state index contributed by atoms with van der Waals surface area (Å²) in [6.07, 6.45) is 1.05. The average Bonchev–Trinajstić information content (AvgIpc) is 2.79. The van der Waals surface area contributed by atoms with Crippen LogP contribution in [0.1, 0.15) is 24.3 Å². The predicted octanol–water partition coefficient (Wildman–Crippen LogP) is 0.498. The van der Waals surface area contributed by atoms with E-state index in [0.29, 0.717) is 0 Å². The molecule has 1 heterocycles. The molecule has 1 aromatic heterocycles. The van der Waals surface area contributed by atoms with Crippen LogP contribution in [0.25, 0.3) is 0 Å². The number of amides is 1. The Balaban J connectivity index is 2.79. The van der Waals surface area contributed by atoms with E-state index in [1.54, 1.807) is 0 Å². The minimum Gasteiger partial charge on any atom is -0.350 e. The molecule has 0 unspecified atom stereocenters. The Hall–Kier alpha value is -1.36. The summed E-state index contributed by atoms with van der Waals surface area (Å²) in [5, 5.41) is 4.51. The summed E-state index contributed by atoms with van der Waals surface area (Å²) in [6, 6.07) is 1.84. The zero-order chi connectivity index (χ0) is 15.4. The molecule has 1 amide bonds. The second-order valence-electron chi connectivity index (χ2n) is 4.73. The van der Waals surface area contributed by atoms with Gasteiger partial charge in [-0.3, -0.25) is 4.79 Å². The second-order valence-corrected chi connectivity index (χ2v) is 8.29. The van der Waals surface area contributed by atoms with Gasteiger partial charge in [-0.25, -0.2) is 8.42 Å². The monoisotopic (exact) mass is 314 g/mol. The number of nitrogens with one attached hydrogen (secondary N) is 1. The van der Waals surface area contributed by atoms with Crippen molar-refractivity contribution in [1.29, 1.82) is 0 Å². The van der Waals surface area contributed by atoms with Gasteiger partial charge in [0.05, 0.1) is 13.1 Å². The first-order valence-electron chi connectivity index (χ1n) is 5.93. The van der Waals surface area contributed by atoms with Crippen LogP contribution in [0.5, 0.6) is 0 Å². The maximum absolute atomic E-state index is 12.0. The van der Waals surface area contributed by atoms with Crippen molar-refractivity contribution in [3.63, 3.8) is 0 Å². The number of hydrogen-bond acceptors (Lipinski definition) is 5. The van der Waals surface area contributed by atoms with Crippen molar-refractivity contribution in [3.05, 3.63) is 21.9 Å². The molecule has 0 saturated carbocycles. The molecule has 0 spiro atoms. The van der Waals surface area contributed by atoms with E-state index in [-0.39, 0.29) is 13.1 Å². The topological polar surface area (TPSA) is 89.3 Å². The first-order valence-corrected chi connectivity index (χ1v) is 8.70. The number of thiophene rings is 1. The quantitative estimate of drug-likeness (QED) is 0.792. The second kappa shape index (κ2) is 6.39. The predicted molar refractivity (Wildman–Crippen MR) is 81.0 cm³/mol. The average molecular weight is 314 g/mol. The highest BCUT2D eigenvalue weighted by Crippen LogP contribution is 2.18. The lowest BCUT2D eigenvalue weighted by Gasteiger charge is -2.21. The van der Waals surface area contributed by atoms with Crippen LogP contribution in [-0.4, -0.2) is 31.9 Å². The summed E-state index contributed by atoms with van der Waals surface area (Å²) < 4.78 is 21.7. The Labute approximate surface area is 123 Å². The van der Waals surface area contributed by atoms with Crippen molar-refractivity contribution in [2.45, 2.75) is 25.1 Å². The van der Waals surface area contributed by atoms with Crippen LogP contribution in [0.3, 0.4) is 0 Å². The largest absolute Gasteiger partial charge is 0.350 e. The molecule has 20 heavy (non-hydrogen) atoms. The van der Waals surface area contributed by atoms with Crippen molar-refractivity contribution in [2.75, 3.05) is 12.8 Å². The standard InChI is InChI=1S/C13H18N2O3S2/c1-13(2,20(3,17)18)12(16)15-9-11-10(5-4-7-14)6-8-19-11/h6,8H,7,9,14H2,1-3H3,(H,15,16). The van der Waals surface area contributed by atoms with E-state index < -0.39 is 20.5 Å². The van der Waals surface area contributed by atoms with E-state index in [1.165, 1.54) is 25.2 Å². The maximum Gasteiger partial charge on any atom is 0.241 e. The lowest BCUT2D eigenvalue weighted by molar-refractivity contribution is -0.123. The van der Waals surface area contributed by atoms with Crippen LogP contribution in [0, 0.1) is 11.8 Å². The van der Waals surface area contributed by atoms with Gasteiger partial charge >= 0.3 is 0 Å². The van der Waals surface area contributed by atoms with E-state index in [4.69, 9.17) is 5.73 Å². The highest BCUT2D eigenvalue weighted by Gasteiger charge is 2.38. The van der Waals surface area contributed by atoms with Gasteiger partial charge in [-0.05, 0) is 25.3 Å². The van der Waals surface area contributed by atoms with Gasteiger partial charge in [-0.1, -0.05) is 11.8 Å². The molecule has 7 heteroatoms. The first kappa shape index (κ1) is 16.7. The van der Waals surface area contributed by atoms with Gasteiger partial charge < -0.3 is 11.1 Å². The summed E-state index contributed by atoms with van der Waals surface area (Å²) in [6.45, 7) is 3.30. The highest BCUT2D eigenvalue weighted by atomic mass is 32.2. The van der Waals surface area contributed by atoms with Crippen LogP contribution >= 0.6 is 11.3 Å². The third-order valence-corrected chi connectivity index (χ3v) is 5.91. The lowest BCUT2D eigenvalue weighted by atomic mass is 10.2. The summed E-state index contributed by atoms with van der Waals surface area (Å²) in [7, 11) is -3.47. The van der Waals surface area contributed by atoms with E-state index >= 15 is 0 Å². The van der Waals surface area contributed by atoms with Crippen LogP contribution in [0.4, 0.5) is 0 Å². The number of nitrogens with two attached hydrogens (primary N) is 1. The van der Waals surface area contributed by atoms with E-state index in [2.05, 4.69) is 17.2 Å². The minimum absolute atomic E-state index is 0.254. The van der Waals surface area contributed by atoms with Gasteiger partial charge in [0.1, 0.15) is 4.75 Å².